The summed E-state index contributed by atoms with van der Waals surface area (Å²) >= 11 is 6.21. The number of fused-ring (bicyclic) bond motifs is 1. The molecular weight excluding hydrogens is 466 g/mol. The van der Waals surface area contributed by atoms with Crippen molar-refractivity contribution in [2.75, 3.05) is 6.61 Å². The molecule has 3 atom stereocenters. The summed E-state index contributed by atoms with van der Waals surface area (Å²) in [5, 5.41) is 12.4. The predicted molar refractivity (Wildman–Crippen MR) is 113 cm³/mol. The van der Waals surface area contributed by atoms with Crippen LogP contribution in [0.25, 0.3) is 16.8 Å². The van der Waals surface area contributed by atoms with Crippen molar-refractivity contribution in [1.82, 2.24) is 14.7 Å². The standard InChI is InChI=1S/C22H20ClF4N3O3/c23-12-7-15(14-3-1-2-4-19(14)33-11-22(25,26)27)20-28-18(10-30(20)9-12)21(32)29-17-6-5-13(31)8-16(17)24/h1-4,7,9-10,13,16-17,31H,5-6,8,11H2,(H,29,32)/t13-,16+,17-/m1/s1. The second-order valence-electron chi connectivity index (χ2n) is 7.89. The van der Waals surface area contributed by atoms with Gasteiger partial charge in [-0.3, -0.25) is 4.79 Å². The molecule has 1 saturated carbocycles. The Balaban J connectivity index is 1.66. The average Bonchev–Trinajstić information content (AvgIpc) is 3.17. The lowest BCUT2D eigenvalue weighted by Gasteiger charge is -2.29. The van der Waals surface area contributed by atoms with E-state index in [1.54, 1.807) is 12.1 Å². The third kappa shape index (κ3) is 5.39. The van der Waals surface area contributed by atoms with Gasteiger partial charge in [0.2, 0.25) is 0 Å². The molecule has 3 aromatic rings. The molecule has 33 heavy (non-hydrogen) atoms. The van der Waals surface area contributed by atoms with Gasteiger partial charge in [-0.2, -0.15) is 13.2 Å². The van der Waals surface area contributed by atoms with E-state index in [1.165, 1.54) is 35.0 Å². The molecule has 1 aromatic carbocycles. The van der Waals surface area contributed by atoms with Gasteiger partial charge in [0, 0.05) is 29.9 Å². The first-order chi connectivity index (χ1) is 15.6. The Hall–Kier alpha value is -2.85. The highest BCUT2D eigenvalue weighted by Crippen LogP contribution is 2.35. The fourth-order valence-corrected chi connectivity index (χ4v) is 4.06. The molecule has 0 spiro atoms. The zero-order valence-electron chi connectivity index (χ0n) is 17.1. The van der Waals surface area contributed by atoms with Gasteiger partial charge >= 0.3 is 6.18 Å². The summed E-state index contributed by atoms with van der Waals surface area (Å²) in [5.74, 6) is -0.625. The number of aliphatic hydroxyl groups is 1. The Labute approximate surface area is 191 Å². The molecule has 2 N–H and O–H groups in total. The molecule has 1 aliphatic carbocycles. The number of aromatic nitrogens is 2. The Kier molecular flexibility index (Phi) is 6.49. The van der Waals surface area contributed by atoms with Gasteiger partial charge < -0.3 is 19.6 Å². The zero-order valence-corrected chi connectivity index (χ0v) is 17.9. The molecule has 1 fully saturated rings. The van der Waals surface area contributed by atoms with Crippen LogP contribution in [0.5, 0.6) is 5.75 Å². The van der Waals surface area contributed by atoms with Gasteiger partial charge in [0.25, 0.3) is 5.91 Å². The quantitative estimate of drug-likeness (QED) is 0.519. The number of carbonyl (C=O) groups is 1. The third-order valence-electron chi connectivity index (χ3n) is 5.38. The molecule has 2 heterocycles. The van der Waals surface area contributed by atoms with Crippen LogP contribution in [0, 0.1) is 0 Å². The number of carbonyl (C=O) groups excluding carboxylic acids is 1. The first-order valence-corrected chi connectivity index (χ1v) is 10.6. The van der Waals surface area contributed by atoms with Crippen LogP contribution < -0.4 is 10.1 Å². The molecule has 0 aliphatic heterocycles. The lowest BCUT2D eigenvalue weighted by molar-refractivity contribution is -0.153. The number of alkyl halides is 4. The highest BCUT2D eigenvalue weighted by Gasteiger charge is 2.32. The second kappa shape index (κ2) is 9.18. The van der Waals surface area contributed by atoms with Crippen LogP contribution in [0.15, 0.2) is 42.7 Å². The van der Waals surface area contributed by atoms with Crippen LogP contribution in [0.3, 0.4) is 0 Å². The number of rotatable bonds is 5. The summed E-state index contributed by atoms with van der Waals surface area (Å²) in [6.07, 6.45) is -3.09. The Bertz CT molecular complexity index is 1170. The van der Waals surface area contributed by atoms with Crippen LogP contribution in [0.1, 0.15) is 29.8 Å². The summed E-state index contributed by atoms with van der Waals surface area (Å²) in [6, 6.07) is 6.89. The monoisotopic (exact) mass is 485 g/mol. The van der Waals surface area contributed by atoms with E-state index in [4.69, 9.17) is 16.3 Å². The number of nitrogens with zero attached hydrogens (tertiary/aromatic N) is 2. The van der Waals surface area contributed by atoms with Crippen LogP contribution in [-0.2, 0) is 0 Å². The fraction of sp³-hybridized carbons (Fsp3) is 0.364. The Morgan fingerprint density at radius 1 is 1.24 bits per heavy atom. The number of aliphatic hydroxyl groups excluding tert-OH is 1. The molecular formula is C22H20ClF4N3O3. The topological polar surface area (TPSA) is 75.9 Å². The summed E-state index contributed by atoms with van der Waals surface area (Å²) in [5.41, 5.74) is 0.939. The van der Waals surface area contributed by atoms with E-state index >= 15 is 0 Å². The van der Waals surface area contributed by atoms with Crippen LogP contribution >= 0.6 is 11.6 Å². The maximum Gasteiger partial charge on any atom is 0.422 e. The molecule has 6 nitrogen and oxygen atoms in total. The van der Waals surface area contributed by atoms with Gasteiger partial charge in [0.05, 0.1) is 17.2 Å². The summed E-state index contributed by atoms with van der Waals surface area (Å²) < 4.78 is 58.7. The van der Waals surface area contributed by atoms with Gasteiger partial charge in [-0.25, -0.2) is 9.37 Å². The normalized spacial score (nSPS) is 21.2. The molecule has 0 saturated heterocycles. The summed E-state index contributed by atoms with van der Waals surface area (Å²) in [4.78, 5) is 17.1. The largest absolute Gasteiger partial charge is 0.483 e. The van der Waals surface area contributed by atoms with Gasteiger partial charge in [0.15, 0.2) is 6.61 Å². The third-order valence-corrected chi connectivity index (χ3v) is 5.59. The molecule has 1 amide bonds. The minimum Gasteiger partial charge on any atom is -0.483 e. The molecule has 11 heteroatoms. The lowest BCUT2D eigenvalue weighted by atomic mass is 9.91. The van der Waals surface area contributed by atoms with Gasteiger partial charge in [-0.1, -0.05) is 29.8 Å². The van der Waals surface area contributed by atoms with E-state index in [-0.39, 0.29) is 28.5 Å². The van der Waals surface area contributed by atoms with E-state index in [9.17, 15) is 27.5 Å². The van der Waals surface area contributed by atoms with E-state index in [2.05, 4.69) is 10.3 Å². The first kappa shape index (κ1) is 23.3. The highest BCUT2D eigenvalue weighted by molar-refractivity contribution is 6.31. The minimum atomic E-state index is -4.52. The van der Waals surface area contributed by atoms with E-state index in [1.807, 2.05) is 0 Å². The van der Waals surface area contributed by atoms with Crippen LogP contribution in [0.4, 0.5) is 17.6 Å². The van der Waals surface area contributed by atoms with Crippen molar-refractivity contribution < 1.29 is 32.2 Å². The summed E-state index contributed by atoms with van der Waals surface area (Å²) in [6.45, 7) is -1.47. The second-order valence-corrected chi connectivity index (χ2v) is 8.33. The van der Waals surface area contributed by atoms with Crippen molar-refractivity contribution >= 4 is 23.2 Å². The number of nitrogens with one attached hydrogen (secondary N) is 1. The fourth-order valence-electron chi connectivity index (χ4n) is 3.85. The van der Waals surface area contributed by atoms with Crippen LogP contribution in [0.2, 0.25) is 5.02 Å². The molecule has 176 valence electrons. The van der Waals surface area contributed by atoms with Gasteiger partial charge in [-0.15, -0.1) is 0 Å². The maximum absolute atomic E-state index is 14.2. The Morgan fingerprint density at radius 3 is 2.73 bits per heavy atom. The number of ether oxygens (including phenoxy) is 1. The lowest BCUT2D eigenvalue weighted by Crippen LogP contribution is -2.46. The van der Waals surface area contributed by atoms with Crippen LogP contribution in [-0.4, -0.2) is 51.5 Å². The van der Waals surface area contributed by atoms with Crippen molar-refractivity contribution in [3.05, 3.63) is 53.4 Å². The minimum absolute atomic E-state index is 0.00877. The number of amides is 1. The predicted octanol–water partition coefficient (Wildman–Crippen LogP) is 4.58. The van der Waals surface area contributed by atoms with Crippen molar-refractivity contribution in [2.45, 2.75) is 43.8 Å². The number of imidazole rings is 1. The maximum atomic E-state index is 14.2. The van der Waals surface area contributed by atoms with Crippen molar-refractivity contribution in [3.8, 4) is 16.9 Å². The van der Waals surface area contributed by atoms with Gasteiger partial charge in [0.1, 0.15) is 23.3 Å². The number of pyridine rings is 1. The van der Waals surface area contributed by atoms with E-state index in [0.29, 0.717) is 24.0 Å². The number of hydrogen-bond donors (Lipinski definition) is 2. The highest BCUT2D eigenvalue weighted by atomic mass is 35.5. The SMILES string of the molecule is O=C(N[C@@H]1CC[C@@H](O)C[C@@H]1F)c1cn2cc(Cl)cc(-c3ccccc3OCC(F)(F)F)c2n1. The molecule has 4 rings (SSSR count). The average molecular weight is 486 g/mol. The summed E-state index contributed by atoms with van der Waals surface area (Å²) in [7, 11) is 0. The van der Waals surface area contributed by atoms with E-state index < -0.39 is 37.0 Å². The smallest absolute Gasteiger partial charge is 0.422 e. The number of halogens is 5. The van der Waals surface area contributed by atoms with Crippen molar-refractivity contribution in [1.29, 1.82) is 0 Å². The zero-order chi connectivity index (χ0) is 23.8. The molecule has 1 aliphatic rings. The van der Waals surface area contributed by atoms with Crippen molar-refractivity contribution in [2.24, 2.45) is 0 Å². The van der Waals surface area contributed by atoms with Gasteiger partial charge in [-0.05, 0) is 25.0 Å². The molecule has 0 unspecified atom stereocenters. The first-order valence-electron chi connectivity index (χ1n) is 10.2. The number of hydrogen-bond acceptors (Lipinski definition) is 4. The molecule has 0 radical (unpaired) electrons. The number of benzene rings is 1. The van der Waals surface area contributed by atoms with E-state index in [0.717, 1.165) is 0 Å². The number of para-hydroxylation sites is 1. The van der Waals surface area contributed by atoms with Crippen molar-refractivity contribution in [3.63, 3.8) is 0 Å². The Morgan fingerprint density at radius 2 is 2.00 bits per heavy atom. The molecule has 2 aromatic heterocycles. The molecule has 0 bridgehead atoms.